The molecule has 2 atom stereocenters. The molecule has 12 heteroatoms. The Hall–Kier alpha value is -3.93. The third-order valence-corrected chi connectivity index (χ3v) is 7.95. The zero-order valence-electron chi connectivity index (χ0n) is 24.5. The van der Waals surface area contributed by atoms with Crippen LogP contribution in [0.25, 0.3) is 11.2 Å². The van der Waals surface area contributed by atoms with E-state index in [0.717, 1.165) is 36.5 Å². The van der Waals surface area contributed by atoms with Crippen molar-refractivity contribution in [3.63, 3.8) is 0 Å². The van der Waals surface area contributed by atoms with Crippen LogP contribution in [0.3, 0.4) is 0 Å². The molecule has 2 aliphatic heterocycles. The second kappa shape index (κ2) is 13.2. The average Bonchev–Trinajstić information content (AvgIpc) is 3.38. The number of rotatable bonds is 9. The number of halogens is 3. The van der Waals surface area contributed by atoms with Crippen LogP contribution in [0.2, 0.25) is 0 Å². The molecule has 43 heavy (non-hydrogen) atoms. The highest BCUT2D eigenvalue weighted by Crippen LogP contribution is 2.28. The number of nitrogens with zero attached hydrogens (tertiary/aromatic N) is 5. The maximum absolute atomic E-state index is 12.7. The molecule has 1 fully saturated rings. The Morgan fingerprint density at radius 2 is 1.81 bits per heavy atom. The van der Waals surface area contributed by atoms with Gasteiger partial charge in [0.1, 0.15) is 0 Å². The van der Waals surface area contributed by atoms with Crippen molar-refractivity contribution in [3.05, 3.63) is 59.8 Å². The molecule has 4 heterocycles. The SMILES string of the molecule is CC1CC(C)CN(CCNC(=O)c2ccc(Nc3nc4c(C5=CCN(C(=O)CCC(F)(F)F)CC5)cccn4n3)cc2)C1. The largest absolute Gasteiger partial charge is 0.389 e. The number of nitrogens with one attached hydrogen (secondary N) is 2. The van der Waals surface area contributed by atoms with Gasteiger partial charge in [0.05, 0.1) is 6.42 Å². The smallest absolute Gasteiger partial charge is 0.351 e. The molecule has 0 radical (unpaired) electrons. The summed E-state index contributed by atoms with van der Waals surface area (Å²) in [5.74, 6) is 1.15. The van der Waals surface area contributed by atoms with Crippen molar-refractivity contribution in [2.75, 3.05) is 44.6 Å². The number of likely N-dealkylation sites (tertiary alicyclic amines) is 1. The number of pyridine rings is 1. The molecule has 2 aromatic heterocycles. The van der Waals surface area contributed by atoms with Crippen molar-refractivity contribution in [2.24, 2.45) is 11.8 Å². The van der Waals surface area contributed by atoms with E-state index in [1.54, 1.807) is 22.8 Å². The maximum atomic E-state index is 12.7. The van der Waals surface area contributed by atoms with Crippen molar-refractivity contribution < 1.29 is 22.8 Å². The van der Waals surface area contributed by atoms with E-state index < -0.39 is 24.9 Å². The maximum Gasteiger partial charge on any atom is 0.389 e. The van der Waals surface area contributed by atoms with Crippen LogP contribution in [-0.2, 0) is 4.79 Å². The van der Waals surface area contributed by atoms with Crippen molar-refractivity contribution >= 4 is 34.7 Å². The van der Waals surface area contributed by atoms with E-state index in [1.807, 2.05) is 30.3 Å². The van der Waals surface area contributed by atoms with Gasteiger partial charge in [-0.25, -0.2) is 4.52 Å². The number of anilines is 2. The summed E-state index contributed by atoms with van der Waals surface area (Å²) < 4.78 is 39.1. The highest BCUT2D eigenvalue weighted by atomic mass is 19.4. The highest BCUT2D eigenvalue weighted by Gasteiger charge is 2.30. The lowest BCUT2D eigenvalue weighted by Gasteiger charge is -2.34. The number of aromatic nitrogens is 3. The summed E-state index contributed by atoms with van der Waals surface area (Å²) in [5.41, 5.74) is 3.75. The van der Waals surface area contributed by atoms with Crippen molar-refractivity contribution in [3.8, 4) is 0 Å². The first-order valence-electron chi connectivity index (χ1n) is 14.8. The van der Waals surface area contributed by atoms with Crippen LogP contribution < -0.4 is 10.6 Å². The molecule has 2 amide bonds. The monoisotopic (exact) mass is 597 g/mol. The predicted molar refractivity (Wildman–Crippen MR) is 159 cm³/mol. The van der Waals surface area contributed by atoms with Crippen molar-refractivity contribution in [1.29, 1.82) is 0 Å². The fraction of sp³-hybridized carbons (Fsp3) is 0.484. The van der Waals surface area contributed by atoms with E-state index >= 15 is 0 Å². The van der Waals surface area contributed by atoms with Crippen LogP contribution in [0.15, 0.2) is 48.7 Å². The topological polar surface area (TPSA) is 94.9 Å². The molecule has 2 N–H and O–H groups in total. The van der Waals surface area contributed by atoms with Crippen LogP contribution in [0.4, 0.5) is 24.8 Å². The number of hydrogen-bond donors (Lipinski definition) is 2. The van der Waals surface area contributed by atoms with Gasteiger partial charge < -0.3 is 20.4 Å². The lowest BCUT2D eigenvalue weighted by molar-refractivity contribution is -0.148. The molecule has 0 aliphatic carbocycles. The summed E-state index contributed by atoms with van der Waals surface area (Å²) in [4.78, 5) is 33.4. The molecule has 1 saturated heterocycles. The summed E-state index contributed by atoms with van der Waals surface area (Å²) in [6, 6.07) is 10.9. The molecule has 9 nitrogen and oxygen atoms in total. The van der Waals surface area contributed by atoms with Gasteiger partial charge in [0.15, 0.2) is 5.65 Å². The van der Waals surface area contributed by atoms with E-state index in [9.17, 15) is 22.8 Å². The van der Waals surface area contributed by atoms with Crippen molar-refractivity contribution in [1.82, 2.24) is 29.7 Å². The number of hydrogen-bond acceptors (Lipinski definition) is 6. The number of amides is 2. The summed E-state index contributed by atoms with van der Waals surface area (Å²) in [5, 5.41) is 10.7. The summed E-state index contributed by atoms with van der Waals surface area (Å²) in [6.07, 6.45) is -0.578. The van der Waals surface area contributed by atoms with Gasteiger partial charge in [0.25, 0.3) is 5.91 Å². The Morgan fingerprint density at radius 1 is 1.07 bits per heavy atom. The van der Waals surface area contributed by atoms with Gasteiger partial charge in [-0.05, 0) is 66.6 Å². The first-order valence-corrected chi connectivity index (χ1v) is 14.8. The molecule has 1 aromatic carbocycles. The lowest BCUT2D eigenvalue weighted by atomic mass is 9.92. The molecule has 0 bridgehead atoms. The molecule has 5 rings (SSSR count). The van der Waals surface area contributed by atoms with Gasteiger partial charge in [-0.1, -0.05) is 19.9 Å². The molecule has 0 saturated carbocycles. The Labute approximate surface area is 249 Å². The second-order valence-corrected chi connectivity index (χ2v) is 11.7. The first-order chi connectivity index (χ1) is 20.5. The lowest BCUT2D eigenvalue weighted by Crippen LogP contribution is -2.42. The van der Waals surface area contributed by atoms with E-state index in [2.05, 4.69) is 39.5 Å². The van der Waals surface area contributed by atoms with Crippen LogP contribution in [0.1, 0.15) is 55.5 Å². The van der Waals surface area contributed by atoms with Crippen molar-refractivity contribution in [2.45, 2.75) is 45.7 Å². The molecular formula is C31H38F3N7O2. The number of piperidine rings is 1. The fourth-order valence-corrected chi connectivity index (χ4v) is 6.00. The first kappa shape index (κ1) is 30.5. The standard InChI is InChI=1S/C31H38F3N7O2/c1-21-18-22(2)20-39(19-21)17-13-35-29(43)24-5-7-25(8-6-24)36-30-37-28-26(4-3-14-41(28)38-30)23-10-15-40(16-11-23)27(42)9-12-31(32,33)34/h3-8,10,14,21-22H,9,11-13,15-20H2,1-2H3,(H,35,43)(H,36,38). The summed E-state index contributed by atoms with van der Waals surface area (Å²) in [6.45, 7) is 8.75. The average molecular weight is 598 g/mol. The summed E-state index contributed by atoms with van der Waals surface area (Å²) >= 11 is 0. The third kappa shape index (κ3) is 8.13. The molecule has 2 aliphatic rings. The second-order valence-electron chi connectivity index (χ2n) is 11.7. The van der Waals surface area contributed by atoms with Gasteiger partial charge in [0, 0.05) is 68.7 Å². The molecule has 0 spiro atoms. The third-order valence-electron chi connectivity index (χ3n) is 7.95. The number of carbonyl (C=O) groups is 2. The van der Waals surface area contributed by atoms with E-state index in [1.165, 1.54) is 11.3 Å². The van der Waals surface area contributed by atoms with Gasteiger partial charge >= 0.3 is 6.18 Å². The normalized spacial score (nSPS) is 19.7. The molecule has 230 valence electrons. The quantitative estimate of drug-likeness (QED) is 0.355. The Morgan fingerprint density at radius 3 is 2.49 bits per heavy atom. The minimum Gasteiger partial charge on any atom is -0.351 e. The zero-order chi connectivity index (χ0) is 30.6. The van der Waals surface area contributed by atoms with E-state index in [0.29, 0.717) is 48.5 Å². The highest BCUT2D eigenvalue weighted by molar-refractivity contribution is 5.94. The van der Waals surface area contributed by atoms with Crippen LogP contribution in [0.5, 0.6) is 0 Å². The van der Waals surface area contributed by atoms with Gasteiger partial charge in [-0.15, -0.1) is 5.10 Å². The molecule has 3 aromatic rings. The number of benzene rings is 1. The minimum absolute atomic E-state index is 0.110. The van der Waals surface area contributed by atoms with E-state index in [-0.39, 0.29) is 12.5 Å². The molecular weight excluding hydrogens is 559 g/mol. The zero-order valence-corrected chi connectivity index (χ0v) is 24.5. The Kier molecular flexibility index (Phi) is 9.34. The number of carbonyl (C=O) groups excluding carboxylic acids is 2. The predicted octanol–water partition coefficient (Wildman–Crippen LogP) is 5.14. The van der Waals surface area contributed by atoms with Crippen LogP contribution in [-0.4, -0.2) is 81.7 Å². The molecule has 2 unspecified atom stereocenters. The Balaban J connectivity index is 1.16. The number of fused-ring (bicyclic) bond motifs is 1. The summed E-state index contributed by atoms with van der Waals surface area (Å²) in [7, 11) is 0. The van der Waals surface area contributed by atoms with E-state index in [4.69, 9.17) is 0 Å². The van der Waals surface area contributed by atoms with Crippen LogP contribution >= 0.6 is 0 Å². The van der Waals surface area contributed by atoms with Crippen LogP contribution in [0, 0.1) is 11.8 Å². The number of alkyl halides is 3. The van der Waals surface area contributed by atoms with Gasteiger partial charge in [-0.2, -0.15) is 18.2 Å². The fourth-order valence-electron chi connectivity index (χ4n) is 6.00. The Bertz CT molecular complexity index is 1460. The van der Waals surface area contributed by atoms with Gasteiger partial charge in [0.2, 0.25) is 11.9 Å². The van der Waals surface area contributed by atoms with Gasteiger partial charge in [-0.3, -0.25) is 9.59 Å². The minimum atomic E-state index is -4.34.